The van der Waals surface area contributed by atoms with Gasteiger partial charge in [0, 0.05) is 20.9 Å². The molecule has 0 aliphatic heterocycles. The van der Waals surface area contributed by atoms with Gasteiger partial charge in [0.05, 0.1) is 29.9 Å². The van der Waals surface area contributed by atoms with Crippen LogP contribution in [0.5, 0.6) is 0 Å². The predicted octanol–water partition coefficient (Wildman–Crippen LogP) is 1.27. The highest BCUT2D eigenvalue weighted by molar-refractivity contribution is 7.91. The molecule has 0 radical (unpaired) electrons. The summed E-state index contributed by atoms with van der Waals surface area (Å²) >= 11 is 0. The van der Waals surface area contributed by atoms with Crippen molar-refractivity contribution < 1.29 is 27.8 Å². The summed E-state index contributed by atoms with van der Waals surface area (Å²) in [5.41, 5.74) is 0.398. The van der Waals surface area contributed by atoms with Crippen molar-refractivity contribution in [2.75, 3.05) is 25.3 Å². The Kier molecular flexibility index (Phi) is 7.22. The summed E-state index contributed by atoms with van der Waals surface area (Å²) in [7, 11) is -3.28. The second-order valence-electron chi connectivity index (χ2n) is 9.35. The molecule has 2 aromatic rings. The number of esters is 1. The normalized spacial score (nSPS) is 21.8. The summed E-state index contributed by atoms with van der Waals surface area (Å²) in [5.74, 6) is -0.378. The van der Waals surface area contributed by atoms with E-state index in [1.165, 1.54) is 18.1 Å². The van der Waals surface area contributed by atoms with Crippen molar-refractivity contribution in [2.24, 2.45) is 0 Å². The summed E-state index contributed by atoms with van der Waals surface area (Å²) in [6.45, 7) is 7.45. The smallest absolute Gasteiger partial charge is 0.359 e. The lowest BCUT2D eigenvalue weighted by atomic mass is 10.2. The van der Waals surface area contributed by atoms with Crippen LogP contribution in [0.25, 0.3) is 11.0 Å². The molecule has 2 N–H and O–H groups in total. The van der Waals surface area contributed by atoms with Gasteiger partial charge in [-0.25, -0.2) is 27.9 Å². The topological polar surface area (TPSA) is 146 Å². The van der Waals surface area contributed by atoms with Gasteiger partial charge in [-0.15, -0.1) is 0 Å². The van der Waals surface area contributed by atoms with Gasteiger partial charge in [0.25, 0.3) is 0 Å². The number of aliphatic hydroxyl groups is 1. The number of rotatable bonds is 9. The lowest BCUT2D eigenvalue weighted by molar-refractivity contribution is 0.0585. The van der Waals surface area contributed by atoms with Crippen LogP contribution < -0.4 is 5.32 Å². The maximum atomic E-state index is 12.4. The third kappa shape index (κ3) is 5.63. The van der Waals surface area contributed by atoms with Crippen molar-refractivity contribution in [2.45, 2.75) is 62.7 Å². The van der Waals surface area contributed by atoms with Crippen molar-refractivity contribution in [1.29, 1.82) is 0 Å². The Hall–Kier alpha value is -2.09. The van der Waals surface area contributed by atoms with Crippen LogP contribution >= 0.6 is 0 Å². The van der Waals surface area contributed by atoms with E-state index >= 15 is 0 Å². The average Bonchev–Trinajstić information content (AvgIpc) is 3.25. The number of aromatic nitrogens is 4. The Morgan fingerprint density at radius 3 is 2.62 bits per heavy atom. The Bertz CT molecular complexity index is 1080. The summed E-state index contributed by atoms with van der Waals surface area (Å²) in [5, 5.41) is 17.5. The lowest BCUT2D eigenvalue weighted by Crippen LogP contribution is -2.28. The molecule has 1 aliphatic carbocycles. The van der Waals surface area contributed by atoms with Crippen LogP contribution in [-0.2, 0) is 26.0 Å². The van der Waals surface area contributed by atoms with Crippen molar-refractivity contribution in [3.8, 4) is 0 Å². The summed E-state index contributed by atoms with van der Waals surface area (Å²) < 4.78 is 35.9. The Labute approximate surface area is 188 Å². The molecule has 1 aliphatic rings. The van der Waals surface area contributed by atoms with E-state index in [1.807, 2.05) is 0 Å². The van der Waals surface area contributed by atoms with Gasteiger partial charge in [-0.1, -0.05) is 19.6 Å². The van der Waals surface area contributed by atoms with Gasteiger partial charge in [0.15, 0.2) is 11.3 Å². The van der Waals surface area contributed by atoms with Gasteiger partial charge < -0.3 is 19.9 Å². The first-order valence-corrected chi connectivity index (χ1v) is 16.1. The average molecular weight is 486 g/mol. The van der Waals surface area contributed by atoms with Crippen LogP contribution in [0, 0.1) is 0 Å². The first kappa shape index (κ1) is 24.5. The second kappa shape index (κ2) is 9.41. The van der Waals surface area contributed by atoms with Gasteiger partial charge in [-0.05, 0) is 18.9 Å². The molecule has 3 rings (SSSR count). The number of aliphatic hydroxyl groups excluding tert-OH is 1. The molecule has 1 saturated carbocycles. The second-order valence-corrected chi connectivity index (χ2v) is 17.3. The number of fused-ring (bicyclic) bond motifs is 1. The number of sulfone groups is 1. The number of anilines is 1. The zero-order valence-corrected chi connectivity index (χ0v) is 20.8. The molecule has 3 atom stereocenters. The number of nitrogens with zero attached hydrogens (tertiary/aromatic N) is 4. The number of nitrogens with one attached hydrogen (secondary N) is 1. The number of methoxy groups -OCH3 is 1. The highest BCUT2D eigenvalue weighted by atomic mass is 32.2. The maximum absolute atomic E-state index is 12.4. The number of hydrogen-bond acceptors (Lipinski definition) is 10. The van der Waals surface area contributed by atoms with Crippen molar-refractivity contribution in [3.05, 3.63) is 12.0 Å². The zero-order valence-electron chi connectivity index (χ0n) is 19.0. The zero-order chi connectivity index (χ0) is 23.7. The SMILES string of the molecule is COC(=O)c1nn(COCC[Si](C)(C)C)c2ncnc(N[C@@H]3C[C@@H](S(C)(=O)=O)C[C@H]3O)c12. The van der Waals surface area contributed by atoms with Crippen LogP contribution in [0.15, 0.2) is 6.33 Å². The molecule has 0 bridgehead atoms. The molecule has 2 aromatic heterocycles. The number of ether oxygens (including phenoxy) is 2. The quantitative estimate of drug-likeness (QED) is 0.302. The molecule has 1 fully saturated rings. The fourth-order valence-electron chi connectivity index (χ4n) is 3.63. The molecular formula is C19H31N5O6SSi. The van der Waals surface area contributed by atoms with E-state index < -0.39 is 41.3 Å². The third-order valence-electron chi connectivity index (χ3n) is 5.53. The lowest BCUT2D eigenvalue weighted by Gasteiger charge is -2.17. The molecule has 13 heteroatoms. The fourth-order valence-corrected chi connectivity index (χ4v) is 5.49. The molecule has 11 nitrogen and oxygen atoms in total. The fraction of sp³-hybridized carbons (Fsp3) is 0.684. The minimum absolute atomic E-state index is 0.0200. The van der Waals surface area contributed by atoms with E-state index in [0.29, 0.717) is 17.6 Å². The third-order valence-corrected chi connectivity index (χ3v) is 8.83. The Morgan fingerprint density at radius 1 is 1.31 bits per heavy atom. The van der Waals surface area contributed by atoms with E-state index in [-0.39, 0.29) is 31.1 Å². The minimum Gasteiger partial charge on any atom is -0.464 e. The first-order chi connectivity index (χ1) is 14.9. The van der Waals surface area contributed by atoms with Gasteiger partial charge in [-0.3, -0.25) is 0 Å². The summed E-state index contributed by atoms with van der Waals surface area (Å²) in [6.07, 6.45) is 1.98. The van der Waals surface area contributed by atoms with E-state index in [2.05, 4.69) is 40.0 Å². The molecular weight excluding hydrogens is 454 g/mol. The van der Waals surface area contributed by atoms with E-state index in [4.69, 9.17) is 9.47 Å². The maximum Gasteiger partial charge on any atom is 0.359 e. The number of hydrogen-bond donors (Lipinski definition) is 2. The summed E-state index contributed by atoms with van der Waals surface area (Å²) in [6, 6.07) is 0.438. The molecule has 0 aromatic carbocycles. The Morgan fingerprint density at radius 2 is 2.03 bits per heavy atom. The number of carbonyl (C=O) groups excluding carboxylic acids is 1. The minimum atomic E-state index is -3.29. The van der Waals surface area contributed by atoms with Gasteiger partial charge in [0.1, 0.15) is 28.7 Å². The van der Waals surface area contributed by atoms with Crippen molar-refractivity contribution in [1.82, 2.24) is 19.7 Å². The van der Waals surface area contributed by atoms with E-state index in [0.717, 1.165) is 12.3 Å². The highest BCUT2D eigenvalue weighted by Gasteiger charge is 2.39. The van der Waals surface area contributed by atoms with Crippen LogP contribution in [0.1, 0.15) is 23.3 Å². The molecule has 178 valence electrons. The molecule has 0 saturated heterocycles. The van der Waals surface area contributed by atoms with E-state index in [9.17, 15) is 18.3 Å². The van der Waals surface area contributed by atoms with Crippen molar-refractivity contribution >= 4 is 40.7 Å². The highest BCUT2D eigenvalue weighted by Crippen LogP contribution is 2.31. The predicted molar refractivity (Wildman–Crippen MR) is 122 cm³/mol. The molecule has 0 spiro atoms. The van der Waals surface area contributed by atoms with Crippen LogP contribution in [0.3, 0.4) is 0 Å². The van der Waals surface area contributed by atoms with Gasteiger partial charge in [0.2, 0.25) is 0 Å². The number of carbonyl (C=O) groups is 1. The summed E-state index contributed by atoms with van der Waals surface area (Å²) in [4.78, 5) is 20.9. The Balaban J connectivity index is 1.89. The molecule has 0 unspecified atom stereocenters. The van der Waals surface area contributed by atoms with Crippen LogP contribution in [-0.4, -0.2) is 84.7 Å². The van der Waals surface area contributed by atoms with Gasteiger partial charge >= 0.3 is 5.97 Å². The molecule has 0 amide bonds. The van der Waals surface area contributed by atoms with Gasteiger partial charge in [-0.2, -0.15) is 5.10 Å². The molecule has 32 heavy (non-hydrogen) atoms. The monoisotopic (exact) mass is 485 g/mol. The van der Waals surface area contributed by atoms with E-state index in [1.54, 1.807) is 0 Å². The standard InChI is InChI=1S/C19H31N5O6SSi/c1-29-19(26)16-15-17(22-13-8-12(9-14(13)25)31(2,27)28)20-10-21-18(15)24(23-16)11-30-6-7-32(3,4)5/h10,12-14,25H,6-9,11H2,1-5H3,(H,20,21,22)/t12-,13-,14-/m1/s1. The van der Waals surface area contributed by atoms with Crippen molar-refractivity contribution in [3.63, 3.8) is 0 Å². The van der Waals surface area contributed by atoms with Crippen LogP contribution in [0.2, 0.25) is 25.7 Å². The largest absolute Gasteiger partial charge is 0.464 e. The molecule has 2 heterocycles. The first-order valence-electron chi connectivity index (χ1n) is 10.4. The van der Waals surface area contributed by atoms with Crippen LogP contribution in [0.4, 0.5) is 5.82 Å².